The molecule has 32 heavy (non-hydrogen) atoms. The molecule has 0 aliphatic rings. The molecule has 2 heterocycles. The van der Waals surface area contributed by atoms with E-state index in [-0.39, 0.29) is 11.2 Å². The van der Waals surface area contributed by atoms with Crippen molar-refractivity contribution in [2.75, 3.05) is 5.75 Å². The maximum Gasteiger partial charge on any atom is 0.331 e. The number of nitrogens with zero attached hydrogens (tertiary/aromatic N) is 2. The van der Waals surface area contributed by atoms with Crippen molar-refractivity contribution in [3.63, 3.8) is 0 Å². The molecule has 6 heteroatoms. The molecule has 2 aromatic heterocycles. The number of unbranched alkanes of at least 4 members (excludes halogenated alkanes) is 1. The summed E-state index contributed by atoms with van der Waals surface area (Å²) in [7, 11) is 1.60. The van der Waals surface area contributed by atoms with E-state index in [0.29, 0.717) is 17.8 Å². The summed E-state index contributed by atoms with van der Waals surface area (Å²) in [5.41, 5.74) is 0.852. The first-order valence-electron chi connectivity index (χ1n) is 11.3. The Labute approximate surface area is 196 Å². The van der Waals surface area contributed by atoms with E-state index in [4.69, 9.17) is 0 Å². The third kappa shape index (κ3) is 4.30. The molecule has 0 aliphatic carbocycles. The highest BCUT2D eigenvalue weighted by Gasteiger charge is 2.22. The van der Waals surface area contributed by atoms with Gasteiger partial charge in [-0.05, 0) is 34.4 Å². The Kier molecular flexibility index (Phi) is 6.91. The van der Waals surface area contributed by atoms with Gasteiger partial charge in [0, 0.05) is 29.8 Å². The van der Waals surface area contributed by atoms with Crippen LogP contribution in [0.25, 0.3) is 21.0 Å². The van der Waals surface area contributed by atoms with E-state index in [2.05, 4.69) is 63.2 Å². The van der Waals surface area contributed by atoms with Gasteiger partial charge in [-0.1, -0.05) is 69.7 Å². The molecule has 0 fully saturated rings. The van der Waals surface area contributed by atoms with Gasteiger partial charge in [0.05, 0.1) is 5.39 Å². The van der Waals surface area contributed by atoms with Crippen LogP contribution >= 0.6 is 23.1 Å². The summed E-state index contributed by atoms with van der Waals surface area (Å²) in [6.45, 7) is 7.00. The zero-order chi connectivity index (χ0) is 22.8. The average Bonchev–Trinajstić information content (AvgIpc) is 3.13. The van der Waals surface area contributed by atoms with Gasteiger partial charge in [-0.3, -0.25) is 13.9 Å². The lowest BCUT2D eigenvalue weighted by molar-refractivity contribution is 0.504. The van der Waals surface area contributed by atoms with E-state index < -0.39 is 0 Å². The largest absolute Gasteiger partial charge is 0.331 e. The van der Waals surface area contributed by atoms with Crippen molar-refractivity contribution < 1.29 is 0 Å². The third-order valence-electron chi connectivity index (χ3n) is 5.72. The summed E-state index contributed by atoms with van der Waals surface area (Å²) < 4.78 is 3.09. The zero-order valence-corrected chi connectivity index (χ0v) is 20.8. The Morgan fingerprint density at radius 3 is 2.56 bits per heavy atom. The highest BCUT2D eigenvalue weighted by atomic mass is 32.2. The third-order valence-corrected chi connectivity index (χ3v) is 8.29. The van der Waals surface area contributed by atoms with Crippen LogP contribution in [0.4, 0.5) is 0 Å². The molecular weight excluding hydrogens is 436 g/mol. The number of fused-ring (bicyclic) bond motifs is 2. The summed E-state index contributed by atoms with van der Waals surface area (Å²) in [5, 5.41) is 3.18. The molecule has 0 bridgehead atoms. The first-order valence-corrected chi connectivity index (χ1v) is 13.1. The minimum Gasteiger partial charge on any atom is -0.284 e. The molecule has 0 unspecified atom stereocenters. The molecule has 0 saturated heterocycles. The molecule has 0 aliphatic heterocycles. The van der Waals surface area contributed by atoms with Crippen molar-refractivity contribution in [1.82, 2.24) is 9.13 Å². The van der Waals surface area contributed by atoms with Gasteiger partial charge in [-0.15, -0.1) is 23.1 Å². The number of thioether (sulfide) groups is 1. The number of thiophene rings is 1. The van der Waals surface area contributed by atoms with Crippen LogP contribution < -0.4 is 11.2 Å². The highest BCUT2D eigenvalue weighted by molar-refractivity contribution is 7.99. The molecular formula is C26H30N2O2S2. The fourth-order valence-corrected chi connectivity index (χ4v) is 6.86. The van der Waals surface area contributed by atoms with E-state index in [1.165, 1.54) is 25.8 Å². The monoisotopic (exact) mass is 466 g/mol. The van der Waals surface area contributed by atoms with Crippen LogP contribution in [0.15, 0.2) is 56.9 Å². The molecule has 2 aromatic carbocycles. The van der Waals surface area contributed by atoms with E-state index in [1.54, 1.807) is 30.1 Å². The molecule has 0 saturated carbocycles. The minimum atomic E-state index is -0.223. The Hall–Kier alpha value is -2.31. The minimum absolute atomic E-state index is 0.176. The lowest BCUT2D eigenvalue weighted by atomic mass is 10.0. The van der Waals surface area contributed by atoms with Gasteiger partial charge in [0.1, 0.15) is 4.83 Å². The summed E-state index contributed by atoms with van der Waals surface area (Å²) in [6.07, 6.45) is 2.97. The van der Waals surface area contributed by atoms with Gasteiger partial charge >= 0.3 is 5.69 Å². The molecule has 4 rings (SSSR count). The lowest BCUT2D eigenvalue weighted by Crippen LogP contribution is -2.38. The number of hydrogen-bond acceptors (Lipinski definition) is 4. The van der Waals surface area contributed by atoms with Crippen molar-refractivity contribution in [3.05, 3.63) is 73.7 Å². The predicted molar refractivity (Wildman–Crippen MR) is 139 cm³/mol. The van der Waals surface area contributed by atoms with Crippen LogP contribution in [0.3, 0.4) is 0 Å². The molecule has 4 aromatic rings. The normalized spacial score (nSPS) is 11.8. The molecule has 168 valence electrons. The standard InChI is InChI=1S/C26H30N2O2S2/c1-5-6-14-31-23-21(15-19-12-9-11-18-10-7-8-13-20(18)19)32-25-22(23)24(29)27(4)26(30)28(25)16-17(2)3/h7-13,17H,5-6,14-16H2,1-4H3. The second-order valence-electron chi connectivity index (χ2n) is 8.70. The fourth-order valence-electron chi connectivity index (χ4n) is 4.09. The van der Waals surface area contributed by atoms with Crippen molar-refractivity contribution >= 4 is 44.1 Å². The predicted octanol–water partition coefficient (Wildman–Crippen LogP) is 6.05. The van der Waals surface area contributed by atoms with E-state index in [9.17, 15) is 9.59 Å². The SMILES string of the molecule is CCCCSc1c(Cc2cccc3ccccc23)sc2c1c(=O)n(C)c(=O)n2CC(C)C. The zero-order valence-electron chi connectivity index (χ0n) is 19.2. The molecule has 0 spiro atoms. The molecule has 0 N–H and O–H groups in total. The number of aromatic nitrogens is 2. The van der Waals surface area contributed by atoms with Crippen LogP contribution in [0, 0.1) is 5.92 Å². The lowest BCUT2D eigenvalue weighted by Gasteiger charge is -2.11. The molecule has 0 radical (unpaired) electrons. The molecule has 0 atom stereocenters. The number of rotatable bonds is 8. The van der Waals surface area contributed by atoms with Crippen molar-refractivity contribution in [2.24, 2.45) is 13.0 Å². The van der Waals surface area contributed by atoms with Crippen LogP contribution in [0.2, 0.25) is 0 Å². The van der Waals surface area contributed by atoms with Crippen LogP contribution in [0.5, 0.6) is 0 Å². The summed E-state index contributed by atoms with van der Waals surface area (Å²) in [6, 6.07) is 14.8. The highest BCUT2D eigenvalue weighted by Crippen LogP contribution is 2.39. The summed E-state index contributed by atoms with van der Waals surface area (Å²) in [4.78, 5) is 29.3. The first kappa shape index (κ1) is 22.9. The summed E-state index contributed by atoms with van der Waals surface area (Å²) >= 11 is 3.39. The average molecular weight is 467 g/mol. The Bertz CT molecular complexity index is 1370. The van der Waals surface area contributed by atoms with Crippen molar-refractivity contribution in [3.8, 4) is 0 Å². The second kappa shape index (κ2) is 9.67. The first-order chi connectivity index (χ1) is 15.4. The molecule has 4 nitrogen and oxygen atoms in total. The van der Waals surface area contributed by atoms with Gasteiger partial charge in [0.15, 0.2) is 0 Å². The van der Waals surface area contributed by atoms with Gasteiger partial charge in [-0.25, -0.2) is 4.79 Å². The van der Waals surface area contributed by atoms with Crippen LogP contribution in [0.1, 0.15) is 44.1 Å². The van der Waals surface area contributed by atoms with E-state index >= 15 is 0 Å². The van der Waals surface area contributed by atoms with Gasteiger partial charge < -0.3 is 0 Å². The van der Waals surface area contributed by atoms with Gasteiger partial charge in [0.25, 0.3) is 5.56 Å². The molecule has 0 amide bonds. The second-order valence-corrected chi connectivity index (χ2v) is 10.9. The fraction of sp³-hybridized carbons (Fsp3) is 0.385. The topological polar surface area (TPSA) is 44.0 Å². The Morgan fingerprint density at radius 2 is 1.81 bits per heavy atom. The smallest absolute Gasteiger partial charge is 0.284 e. The number of benzene rings is 2. The van der Waals surface area contributed by atoms with Gasteiger partial charge in [-0.2, -0.15) is 0 Å². The van der Waals surface area contributed by atoms with Crippen LogP contribution in [-0.2, 0) is 20.0 Å². The van der Waals surface area contributed by atoms with Crippen molar-refractivity contribution in [2.45, 2.75) is 51.5 Å². The van der Waals surface area contributed by atoms with Crippen LogP contribution in [-0.4, -0.2) is 14.9 Å². The van der Waals surface area contributed by atoms with E-state index in [1.807, 2.05) is 4.57 Å². The Balaban J connectivity index is 1.94. The number of hydrogen-bond donors (Lipinski definition) is 0. The van der Waals surface area contributed by atoms with Crippen molar-refractivity contribution in [1.29, 1.82) is 0 Å². The van der Waals surface area contributed by atoms with Gasteiger partial charge in [0.2, 0.25) is 0 Å². The summed E-state index contributed by atoms with van der Waals surface area (Å²) in [5.74, 6) is 1.28. The Morgan fingerprint density at radius 1 is 1.06 bits per heavy atom. The quantitative estimate of drug-likeness (QED) is 0.234. The maximum absolute atomic E-state index is 13.3. The maximum atomic E-state index is 13.3. The van der Waals surface area contributed by atoms with E-state index in [0.717, 1.165) is 34.7 Å².